The molecule has 0 aliphatic rings. The molecule has 0 aromatic heterocycles. The van der Waals surface area contributed by atoms with Gasteiger partial charge in [-0.05, 0) is 11.1 Å². The Balaban J connectivity index is 0.00000162. The summed E-state index contributed by atoms with van der Waals surface area (Å²) in [6.45, 7) is 0. The van der Waals surface area contributed by atoms with Gasteiger partial charge in [0.25, 0.3) is 0 Å². The summed E-state index contributed by atoms with van der Waals surface area (Å²) in [7, 11) is 0. The molecular weight excluding hydrogens is 251 g/mol. The van der Waals surface area contributed by atoms with Crippen LogP contribution in [0.2, 0.25) is 0 Å². The van der Waals surface area contributed by atoms with Gasteiger partial charge in [-0.15, -0.1) is 0 Å². The van der Waals surface area contributed by atoms with Crippen molar-refractivity contribution in [1.82, 2.24) is 0 Å². The van der Waals surface area contributed by atoms with E-state index in [1.165, 1.54) is 0 Å². The van der Waals surface area contributed by atoms with Crippen molar-refractivity contribution < 1.29 is 9.90 Å². The number of aliphatic carboxylic acids is 1. The SMILES string of the molecule is O=C(O)CC(c1ccccc1)c1ccccc1.[KH]. The van der Waals surface area contributed by atoms with Gasteiger partial charge in [0.1, 0.15) is 0 Å². The molecule has 0 saturated carbocycles. The van der Waals surface area contributed by atoms with Crippen LogP contribution in [0.1, 0.15) is 23.5 Å². The molecule has 1 N–H and O–H groups in total. The molecule has 0 saturated heterocycles. The fourth-order valence-electron chi connectivity index (χ4n) is 1.97. The molecule has 0 atom stereocenters. The average molecular weight is 266 g/mol. The van der Waals surface area contributed by atoms with E-state index in [-0.39, 0.29) is 63.7 Å². The summed E-state index contributed by atoms with van der Waals surface area (Å²) in [6.07, 6.45) is 0.119. The maximum atomic E-state index is 11.0. The molecule has 2 aromatic carbocycles. The van der Waals surface area contributed by atoms with E-state index in [9.17, 15) is 4.79 Å². The molecule has 0 radical (unpaired) electrons. The number of rotatable bonds is 4. The fourth-order valence-corrected chi connectivity index (χ4v) is 1.97. The maximum absolute atomic E-state index is 11.0. The summed E-state index contributed by atoms with van der Waals surface area (Å²) in [5, 5.41) is 9.01. The van der Waals surface area contributed by atoms with Gasteiger partial charge in [-0.1, -0.05) is 60.7 Å². The van der Waals surface area contributed by atoms with E-state index in [1.54, 1.807) is 0 Å². The Labute approximate surface area is 149 Å². The van der Waals surface area contributed by atoms with Crippen molar-refractivity contribution in [1.29, 1.82) is 0 Å². The summed E-state index contributed by atoms with van der Waals surface area (Å²) >= 11 is 0. The summed E-state index contributed by atoms with van der Waals surface area (Å²) in [5.74, 6) is -0.849. The van der Waals surface area contributed by atoms with E-state index in [2.05, 4.69) is 0 Å². The van der Waals surface area contributed by atoms with Crippen LogP contribution in [-0.4, -0.2) is 62.5 Å². The Bertz CT molecular complexity index is 443. The van der Waals surface area contributed by atoms with E-state index < -0.39 is 5.97 Å². The van der Waals surface area contributed by atoms with Crippen molar-refractivity contribution in [2.45, 2.75) is 12.3 Å². The second kappa shape index (κ2) is 7.87. The number of hydrogen-bond acceptors (Lipinski definition) is 1. The number of carboxylic acids is 1. The van der Waals surface area contributed by atoms with Gasteiger partial charge in [-0.25, -0.2) is 0 Å². The van der Waals surface area contributed by atoms with Crippen LogP contribution in [0.4, 0.5) is 0 Å². The molecule has 2 aromatic rings. The zero-order valence-electron chi connectivity index (χ0n) is 9.41. The van der Waals surface area contributed by atoms with E-state index in [0.29, 0.717) is 0 Å². The summed E-state index contributed by atoms with van der Waals surface area (Å²) in [4.78, 5) is 11.0. The van der Waals surface area contributed by atoms with Crippen LogP contribution >= 0.6 is 0 Å². The van der Waals surface area contributed by atoms with Gasteiger partial charge >= 0.3 is 57.4 Å². The normalized spacial score (nSPS) is 9.83. The van der Waals surface area contributed by atoms with Crippen LogP contribution in [0.15, 0.2) is 60.7 Å². The number of hydrogen-bond donors (Lipinski definition) is 1. The van der Waals surface area contributed by atoms with Crippen LogP contribution in [-0.2, 0) is 4.79 Å². The van der Waals surface area contributed by atoms with E-state index in [1.807, 2.05) is 60.7 Å². The second-order valence-corrected chi connectivity index (χ2v) is 3.97. The molecule has 88 valence electrons. The minimum atomic E-state index is -0.775. The van der Waals surface area contributed by atoms with E-state index in [0.717, 1.165) is 11.1 Å². The Kier molecular flexibility index (Phi) is 6.82. The predicted molar refractivity (Wildman–Crippen MR) is 74.1 cm³/mol. The van der Waals surface area contributed by atoms with Crippen molar-refractivity contribution in [3.63, 3.8) is 0 Å². The molecule has 0 aliphatic carbocycles. The van der Waals surface area contributed by atoms with Crippen LogP contribution in [0, 0.1) is 0 Å². The fraction of sp³-hybridized carbons (Fsp3) is 0.133. The van der Waals surface area contributed by atoms with Crippen molar-refractivity contribution >= 4 is 57.4 Å². The van der Waals surface area contributed by atoms with Crippen LogP contribution in [0.3, 0.4) is 0 Å². The van der Waals surface area contributed by atoms with Gasteiger partial charge in [-0.2, -0.15) is 0 Å². The van der Waals surface area contributed by atoms with Crippen molar-refractivity contribution in [2.24, 2.45) is 0 Å². The zero-order chi connectivity index (χ0) is 12.1. The first-order chi connectivity index (χ1) is 8.27. The molecule has 3 heteroatoms. The number of carboxylic acid groups (broad SMARTS) is 1. The molecule has 0 bridgehead atoms. The van der Waals surface area contributed by atoms with Gasteiger partial charge in [0.2, 0.25) is 0 Å². The van der Waals surface area contributed by atoms with Crippen molar-refractivity contribution in [3.05, 3.63) is 71.8 Å². The molecule has 0 aliphatic heterocycles. The minimum absolute atomic E-state index is 0. The second-order valence-electron chi connectivity index (χ2n) is 3.97. The molecule has 0 spiro atoms. The van der Waals surface area contributed by atoms with Crippen LogP contribution in [0.25, 0.3) is 0 Å². The summed E-state index contributed by atoms with van der Waals surface area (Å²) in [5.41, 5.74) is 2.09. The first-order valence-corrected chi connectivity index (χ1v) is 5.59. The molecule has 0 unspecified atom stereocenters. The van der Waals surface area contributed by atoms with Gasteiger partial charge in [0, 0.05) is 5.92 Å². The van der Waals surface area contributed by atoms with Crippen LogP contribution in [0.5, 0.6) is 0 Å². The molecule has 0 amide bonds. The molecule has 0 fully saturated rings. The topological polar surface area (TPSA) is 37.3 Å². The first-order valence-electron chi connectivity index (χ1n) is 5.59. The van der Waals surface area contributed by atoms with Gasteiger partial charge < -0.3 is 5.11 Å². The Morgan fingerprint density at radius 2 is 1.28 bits per heavy atom. The zero-order valence-corrected chi connectivity index (χ0v) is 9.41. The molecule has 2 rings (SSSR count). The van der Waals surface area contributed by atoms with E-state index >= 15 is 0 Å². The predicted octanol–water partition coefficient (Wildman–Crippen LogP) is 2.64. The standard InChI is InChI=1S/C15H14O2.K.H/c16-15(17)11-14(12-7-3-1-4-8-12)13-9-5-2-6-10-13;;/h1-10,14H,11H2,(H,16,17);;. The molecule has 0 heterocycles. The third-order valence-electron chi connectivity index (χ3n) is 2.78. The molecule has 2 nitrogen and oxygen atoms in total. The van der Waals surface area contributed by atoms with Gasteiger partial charge in [0.15, 0.2) is 0 Å². The summed E-state index contributed by atoms with van der Waals surface area (Å²) < 4.78 is 0. The monoisotopic (exact) mass is 266 g/mol. The number of carbonyl (C=O) groups is 1. The third-order valence-corrected chi connectivity index (χ3v) is 2.78. The average Bonchev–Trinajstić information content (AvgIpc) is 2.38. The van der Waals surface area contributed by atoms with Crippen LogP contribution < -0.4 is 0 Å². The van der Waals surface area contributed by atoms with E-state index in [4.69, 9.17) is 5.11 Å². The van der Waals surface area contributed by atoms with Crippen molar-refractivity contribution in [3.8, 4) is 0 Å². The quantitative estimate of drug-likeness (QED) is 0.864. The Morgan fingerprint density at radius 1 is 0.889 bits per heavy atom. The summed E-state index contributed by atoms with van der Waals surface area (Å²) in [6, 6.07) is 19.5. The van der Waals surface area contributed by atoms with Gasteiger partial charge in [0.05, 0.1) is 6.42 Å². The van der Waals surface area contributed by atoms with Gasteiger partial charge in [-0.3, -0.25) is 4.79 Å². The van der Waals surface area contributed by atoms with Crippen molar-refractivity contribution in [2.75, 3.05) is 0 Å². The Morgan fingerprint density at radius 3 is 1.61 bits per heavy atom. The first kappa shape index (κ1) is 15.6. The molecule has 18 heavy (non-hydrogen) atoms. The third kappa shape index (κ3) is 4.34. The number of benzene rings is 2. The molecular formula is C15H15KO2. The Hall–Kier alpha value is -0.454.